The number of aromatic nitrogens is 4. The number of urea groups is 1. The summed E-state index contributed by atoms with van der Waals surface area (Å²) in [5, 5.41) is 18.5. The molecule has 13 heteroatoms. The molecule has 0 bridgehead atoms. The van der Waals surface area contributed by atoms with Crippen molar-refractivity contribution in [3.8, 4) is 5.75 Å². The lowest BCUT2D eigenvalue weighted by atomic mass is 10.1. The maximum Gasteiger partial charge on any atom is 0.416 e. The molecule has 10 nitrogen and oxygen atoms in total. The molecule has 2 aromatic heterocycles. The molecular formula is C31H29F3N8O2. The number of halogens is 3. The topological polar surface area (TPSA) is 129 Å². The Kier molecular flexibility index (Phi) is 8.65. The van der Waals surface area contributed by atoms with E-state index in [-0.39, 0.29) is 17.2 Å². The fraction of sp³-hybridized carbons (Fsp3) is 0.161. The van der Waals surface area contributed by atoms with Crippen LogP contribution in [0.25, 0.3) is 0 Å². The van der Waals surface area contributed by atoms with Gasteiger partial charge in [0.25, 0.3) is 0 Å². The van der Waals surface area contributed by atoms with Crippen molar-refractivity contribution in [1.82, 2.24) is 20.2 Å². The second-order valence-corrected chi connectivity index (χ2v) is 10.0. The average molecular weight is 603 g/mol. The largest absolute Gasteiger partial charge is 0.483 e. The first-order valence-corrected chi connectivity index (χ1v) is 13.5. The maximum atomic E-state index is 13.3. The van der Waals surface area contributed by atoms with Crippen LogP contribution in [-0.4, -0.2) is 26.2 Å². The normalized spacial score (nSPS) is 11.1. The Hall–Kier alpha value is -5.59. The zero-order chi connectivity index (χ0) is 31.3. The maximum absolute atomic E-state index is 13.3. The molecule has 0 saturated carbocycles. The van der Waals surface area contributed by atoms with Gasteiger partial charge in [0.15, 0.2) is 17.4 Å². The molecule has 0 aliphatic carbocycles. The van der Waals surface area contributed by atoms with Crippen LogP contribution in [0, 0.1) is 20.8 Å². The van der Waals surface area contributed by atoms with E-state index >= 15 is 0 Å². The third kappa shape index (κ3) is 7.62. The summed E-state index contributed by atoms with van der Waals surface area (Å²) in [6, 6.07) is 19.5. The van der Waals surface area contributed by atoms with E-state index in [1.165, 1.54) is 19.1 Å². The number of nitrogens with zero attached hydrogens (tertiary/aromatic N) is 3. The molecule has 0 spiro atoms. The Morgan fingerprint density at radius 2 is 1.59 bits per heavy atom. The number of aryl methyl sites for hydroxylation is 3. The molecule has 5 aromatic rings. The molecule has 5 N–H and O–H groups in total. The number of amides is 2. The van der Waals surface area contributed by atoms with Gasteiger partial charge in [-0.2, -0.15) is 23.3 Å². The first-order chi connectivity index (χ1) is 21.0. The van der Waals surface area contributed by atoms with Crippen LogP contribution >= 0.6 is 0 Å². The number of carbonyl (C=O) groups excluding carboxylic acids is 1. The van der Waals surface area contributed by atoms with Gasteiger partial charge in [0, 0.05) is 28.8 Å². The molecule has 226 valence electrons. The number of benzene rings is 3. The molecule has 0 saturated heterocycles. The smallest absolute Gasteiger partial charge is 0.416 e. The van der Waals surface area contributed by atoms with Crippen molar-refractivity contribution in [3.63, 3.8) is 0 Å². The van der Waals surface area contributed by atoms with E-state index in [1.54, 1.807) is 24.4 Å². The van der Waals surface area contributed by atoms with Gasteiger partial charge in [0.2, 0.25) is 5.95 Å². The van der Waals surface area contributed by atoms with Gasteiger partial charge in [-0.05, 0) is 61.7 Å². The van der Waals surface area contributed by atoms with Gasteiger partial charge in [-0.25, -0.2) is 9.78 Å². The zero-order valence-electron chi connectivity index (χ0n) is 24.0. The molecule has 0 radical (unpaired) electrons. The van der Waals surface area contributed by atoms with Crippen LogP contribution in [0.15, 0.2) is 79.0 Å². The minimum absolute atomic E-state index is 0.0148. The van der Waals surface area contributed by atoms with E-state index in [0.717, 1.165) is 22.9 Å². The van der Waals surface area contributed by atoms with Crippen molar-refractivity contribution in [2.45, 2.75) is 33.6 Å². The quantitative estimate of drug-likeness (QED) is 0.116. The molecule has 0 unspecified atom stereocenters. The van der Waals surface area contributed by atoms with E-state index in [2.05, 4.69) is 41.4 Å². The van der Waals surface area contributed by atoms with Crippen molar-refractivity contribution in [1.29, 1.82) is 0 Å². The summed E-state index contributed by atoms with van der Waals surface area (Å²) in [6.45, 7) is 5.41. The monoisotopic (exact) mass is 602 g/mol. The Morgan fingerprint density at radius 3 is 2.27 bits per heavy atom. The van der Waals surface area contributed by atoms with Gasteiger partial charge in [-0.1, -0.05) is 42.5 Å². The van der Waals surface area contributed by atoms with Crippen molar-refractivity contribution in [3.05, 3.63) is 107 Å². The van der Waals surface area contributed by atoms with Crippen LogP contribution < -0.4 is 26.0 Å². The van der Waals surface area contributed by atoms with Crippen LogP contribution in [0.2, 0.25) is 0 Å². The van der Waals surface area contributed by atoms with Crippen LogP contribution in [0.3, 0.4) is 0 Å². The molecular weight excluding hydrogens is 573 g/mol. The predicted molar refractivity (Wildman–Crippen MR) is 163 cm³/mol. The minimum atomic E-state index is -4.53. The van der Waals surface area contributed by atoms with Gasteiger partial charge < -0.3 is 26.0 Å². The van der Waals surface area contributed by atoms with Crippen LogP contribution in [0.5, 0.6) is 5.75 Å². The van der Waals surface area contributed by atoms with E-state index < -0.39 is 17.8 Å². The van der Waals surface area contributed by atoms with E-state index in [9.17, 15) is 18.0 Å². The molecule has 0 atom stereocenters. The summed E-state index contributed by atoms with van der Waals surface area (Å²) in [7, 11) is 0. The first kappa shape index (κ1) is 29.9. The van der Waals surface area contributed by atoms with Crippen molar-refractivity contribution in [2.24, 2.45) is 0 Å². The molecule has 3 aromatic carbocycles. The average Bonchev–Trinajstić information content (AvgIpc) is 3.39. The van der Waals surface area contributed by atoms with Crippen molar-refractivity contribution in [2.75, 3.05) is 21.3 Å². The second kappa shape index (κ2) is 12.7. The second-order valence-electron chi connectivity index (χ2n) is 10.0. The number of hydrogen-bond acceptors (Lipinski definition) is 7. The number of anilines is 6. The van der Waals surface area contributed by atoms with Gasteiger partial charge in [-0.3, -0.25) is 5.10 Å². The highest BCUT2D eigenvalue weighted by atomic mass is 19.4. The van der Waals surface area contributed by atoms with Gasteiger partial charge in [0.1, 0.15) is 6.61 Å². The molecule has 2 heterocycles. The number of hydrogen-bond donors (Lipinski definition) is 5. The fourth-order valence-corrected chi connectivity index (χ4v) is 4.22. The third-order valence-electron chi connectivity index (χ3n) is 6.49. The number of carbonyl (C=O) groups is 1. The first-order valence-electron chi connectivity index (χ1n) is 13.5. The van der Waals surface area contributed by atoms with E-state index in [0.29, 0.717) is 35.4 Å². The number of ether oxygens (including phenoxy) is 1. The summed E-state index contributed by atoms with van der Waals surface area (Å²) >= 11 is 0. The molecule has 44 heavy (non-hydrogen) atoms. The van der Waals surface area contributed by atoms with Crippen molar-refractivity contribution < 1.29 is 22.7 Å². The predicted octanol–water partition coefficient (Wildman–Crippen LogP) is 7.85. The number of alkyl halides is 3. The summed E-state index contributed by atoms with van der Waals surface area (Å²) in [5.41, 5.74) is 2.92. The standard InChI is InChI=1S/C31H29F3N8O2/c1-18-9-11-22(14-24(18)31(32,33)34)36-30(43)37-23-12-10-19(2)25(15-23)38-29-35-16-26(44-17-21-7-5-4-6-8-21)28(40-29)39-27-13-20(3)41-42-27/h4-16H,17H2,1-3H3,(H2,36,37,43)(H3,35,38,39,40,41,42). The van der Waals surface area contributed by atoms with Gasteiger partial charge in [-0.15, -0.1) is 0 Å². The van der Waals surface area contributed by atoms with E-state index in [4.69, 9.17) is 4.74 Å². The Balaban J connectivity index is 1.32. The summed E-state index contributed by atoms with van der Waals surface area (Å²) < 4.78 is 45.8. The lowest BCUT2D eigenvalue weighted by Gasteiger charge is -2.15. The Morgan fingerprint density at radius 1 is 0.886 bits per heavy atom. The van der Waals surface area contributed by atoms with E-state index in [1.807, 2.05) is 50.2 Å². The number of H-pyrrole nitrogens is 1. The summed E-state index contributed by atoms with van der Waals surface area (Å²) in [5.74, 6) is 1.58. The lowest BCUT2D eigenvalue weighted by molar-refractivity contribution is -0.138. The highest BCUT2D eigenvalue weighted by molar-refractivity contribution is 6.00. The minimum Gasteiger partial charge on any atom is -0.483 e. The summed E-state index contributed by atoms with van der Waals surface area (Å²) in [6.07, 6.45) is -2.99. The highest BCUT2D eigenvalue weighted by Crippen LogP contribution is 2.34. The molecule has 0 fully saturated rings. The van der Waals surface area contributed by atoms with Crippen LogP contribution in [0.1, 0.15) is 27.9 Å². The number of rotatable bonds is 9. The van der Waals surface area contributed by atoms with Crippen LogP contribution in [-0.2, 0) is 12.8 Å². The van der Waals surface area contributed by atoms with Crippen LogP contribution in [0.4, 0.5) is 52.6 Å². The number of nitrogens with one attached hydrogen (secondary N) is 5. The van der Waals surface area contributed by atoms with Gasteiger partial charge in [0.05, 0.1) is 11.8 Å². The fourth-order valence-electron chi connectivity index (χ4n) is 4.22. The third-order valence-corrected chi connectivity index (χ3v) is 6.49. The van der Waals surface area contributed by atoms with Gasteiger partial charge >= 0.3 is 12.2 Å². The highest BCUT2D eigenvalue weighted by Gasteiger charge is 2.32. The molecule has 2 amide bonds. The zero-order valence-corrected chi connectivity index (χ0v) is 24.0. The molecule has 5 rings (SSSR count). The summed E-state index contributed by atoms with van der Waals surface area (Å²) in [4.78, 5) is 21.6. The number of aromatic amines is 1. The SMILES string of the molecule is Cc1cc(Nc2nc(Nc3cc(NC(=O)Nc4ccc(C)c(C(F)(F)F)c4)ccc3C)ncc2OCc2ccccc2)n[nH]1. The Bertz CT molecular complexity index is 1770. The molecule has 0 aliphatic rings. The Labute approximate surface area is 251 Å². The molecule has 0 aliphatic heterocycles. The lowest BCUT2D eigenvalue weighted by Crippen LogP contribution is -2.20. The van der Waals surface area contributed by atoms with Crippen molar-refractivity contribution >= 4 is 40.7 Å².